The molecule has 0 aliphatic heterocycles. The molecule has 5 aromatic carbocycles. The Morgan fingerprint density at radius 3 is 0.462 bits per heavy atom. The Morgan fingerprint density at radius 2 is 0.346 bits per heavy atom. The van der Waals surface area contributed by atoms with E-state index >= 15 is 0 Å². The van der Waals surface area contributed by atoms with Crippen molar-refractivity contribution >= 4 is 34.1 Å². The molecule has 0 unspecified atom stereocenters. The van der Waals surface area contributed by atoms with Crippen LogP contribution in [0.5, 0.6) is 0 Å². The summed E-state index contributed by atoms with van der Waals surface area (Å²) in [5.74, 6) is 0. The first-order valence-electron chi connectivity index (χ1n) is 13.7. The Bertz CT molecular complexity index is 1440. The van der Waals surface area contributed by atoms with Crippen molar-refractivity contribution in [2.24, 2.45) is 0 Å². The molecule has 0 spiro atoms. The van der Waals surface area contributed by atoms with Crippen LogP contribution in [0.4, 0.5) is 34.1 Å². The second-order valence-corrected chi connectivity index (χ2v) is 10.0. The predicted molar refractivity (Wildman–Crippen MR) is 165 cm³/mol. The fraction of sp³-hybridized carbons (Fsp3) is 0.118. The topological polar surface area (TPSA) is 168 Å². The maximum atomic E-state index is 9.57. The molecule has 0 heterocycles. The number of aliphatic hydroxyl groups excluding tert-OH is 4. The van der Waals surface area contributed by atoms with Gasteiger partial charge in [-0.1, -0.05) is 48.5 Å². The van der Waals surface area contributed by atoms with Crippen LogP contribution in [0.25, 0.3) is 0 Å². The summed E-state index contributed by atoms with van der Waals surface area (Å²) in [4.78, 5) is 3.84. The van der Waals surface area contributed by atoms with Gasteiger partial charge in [0, 0.05) is 212 Å². The standard InChI is InChI=1S/C34H32N2O8.8Zn/c37-31(38)21-1-9-25(10-2-21)35(26-11-3-22(4-12-26)32(39)40)29-17-19-30(20-18-29)36(27-13-5-23(6-14-27)33(41)42)28-15-7-24(8-16-28)34(43)44;;;;;;;;/h1-20,31-34,37-44H;;;;;;;;. The third-order valence-electron chi connectivity index (χ3n) is 7.16. The van der Waals surface area contributed by atoms with Crippen LogP contribution in [-0.2, 0) is 156 Å². The minimum Gasteiger partial charge on any atom is -0.364 e. The van der Waals surface area contributed by atoms with Crippen LogP contribution < -0.4 is 9.80 Å². The predicted octanol–water partition coefficient (Wildman–Crippen LogP) is 4.54. The van der Waals surface area contributed by atoms with Gasteiger partial charge in [0.2, 0.25) is 0 Å². The van der Waals surface area contributed by atoms with Crippen molar-refractivity contribution in [2.45, 2.75) is 25.2 Å². The number of nitrogens with zero attached hydrogens (tertiary/aromatic N) is 2. The van der Waals surface area contributed by atoms with Gasteiger partial charge in [0.15, 0.2) is 25.2 Å². The summed E-state index contributed by atoms with van der Waals surface area (Å²) in [5.41, 5.74) is 5.69. The Labute approximate surface area is 404 Å². The quantitative estimate of drug-likeness (QED) is 0.0736. The molecule has 8 N–H and O–H groups in total. The van der Waals surface area contributed by atoms with E-state index in [4.69, 9.17) is 0 Å². The summed E-state index contributed by atoms with van der Waals surface area (Å²) in [7, 11) is 0. The van der Waals surface area contributed by atoms with E-state index in [-0.39, 0.29) is 156 Å². The smallest absolute Gasteiger partial charge is 0.178 e. The van der Waals surface area contributed by atoms with Gasteiger partial charge in [-0.3, -0.25) is 0 Å². The number of benzene rings is 5. The Kier molecular flexibility index (Phi) is 31.7. The summed E-state index contributed by atoms with van der Waals surface area (Å²) in [6, 6.07) is 34.4. The molecule has 0 saturated heterocycles. The molecule has 0 aromatic heterocycles. The molecule has 0 fully saturated rings. The molecule has 0 bridgehead atoms. The summed E-state index contributed by atoms with van der Waals surface area (Å²) in [6.07, 6.45) is -6.45. The van der Waals surface area contributed by atoms with Gasteiger partial charge in [0.25, 0.3) is 0 Å². The third-order valence-corrected chi connectivity index (χ3v) is 7.16. The van der Waals surface area contributed by atoms with Gasteiger partial charge in [0.05, 0.1) is 0 Å². The second-order valence-electron chi connectivity index (χ2n) is 10.0. The molecule has 10 nitrogen and oxygen atoms in total. The van der Waals surface area contributed by atoms with E-state index in [1.54, 1.807) is 97.1 Å². The Hall–Kier alpha value is 0.367. The summed E-state index contributed by atoms with van der Waals surface area (Å²) < 4.78 is 0. The normalized spacial score (nSPS) is 9.77. The molecular formula is C34H32N2O8Zn8. The van der Waals surface area contributed by atoms with Crippen LogP contribution >= 0.6 is 0 Å². The average molecular weight is 1120 g/mol. The third kappa shape index (κ3) is 15.0. The zero-order valence-electron chi connectivity index (χ0n) is 29.0. The van der Waals surface area contributed by atoms with E-state index in [1.807, 2.05) is 34.1 Å². The molecule has 0 saturated carbocycles. The van der Waals surface area contributed by atoms with Gasteiger partial charge in [0.1, 0.15) is 0 Å². The molecule has 5 rings (SSSR count). The first kappa shape index (κ1) is 59.1. The number of anilines is 6. The van der Waals surface area contributed by atoms with Crippen LogP contribution in [-0.4, -0.2) is 40.9 Å². The number of hydrogen-bond donors (Lipinski definition) is 8. The van der Waals surface area contributed by atoms with E-state index in [0.717, 1.165) is 11.4 Å². The average Bonchev–Trinajstić information content (AvgIpc) is 3.03. The van der Waals surface area contributed by atoms with E-state index in [9.17, 15) is 40.9 Å². The van der Waals surface area contributed by atoms with Crippen molar-refractivity contribution in [2.75, 3.05) is 9.80 Å². The molecule has 242 valence electrons. The van der Waals surface area contributed by atoms with Crippen molar-refractivity contribution in [3.8, 4) is 0 Å². The van der Waals surface area contributed by atoms with Crippen molar-refractivity contribution in [3.05, 3.63) is 144 Å². The zero-order valence-corrected chi connectivity index (χ0v) is 52.7. The summed E-state index contributed by atoms with van der Waals surface area (Å²) in [5, 5.41) is 76.5. The Balaban J connectivity index is -0.00000144. The second kappa shape index (κ2) is 27.9. The molecule has 0 aliphatic carbocycles. The van der Waals surface area contributed by atoms with Crippen LogP contribution in [0.3, 0.4) is 0 Å². The van der Waals surface area contributed by atoms with Gasteiger partial charge in [-0.25, -0.2) is 0 Å². The van der Waals surface area contributed by atoms with Gasteiger partial charge in [-0.2, -0.15) is 0 Å². The first-order chi connectivity index (χ1) is 21.1. The number of hydrogen-bond acceptors (Lipinski definition) is 10. The van der Waals surface area contributed by atoms with Crippen LogP contribution in [0.2, 0.25) is 0 Å². The van der Waals surface area contributed by atoms with Gasteiger partial charge in [-0.05, 0) is 72.8 Å². The van der Waals surface area contributed by atoms with Crippen LogP contribution in [0.1, 0.15) is 47.4 Å². The summed E-state index contributed by atoms with van der Waals surface area (Å²) in [6.45, 7) is 0. The van der Waals surface area contributed by atoms with Crippen LogP contribution in [0, 0.1) is 0 Å². The first-order valence-corrected chi connectivity index (χ1v) is 13.7. The molecular weight excluding hydrogens is 1090 g/mol. The fourth-order valence-corrected chi connectivity index (χ4v) is 4.83. The van der Waals surface area contributed by atoms with Gasteiger partial charge in [-0.15, -0.1) is 0 Å². The maximum Gasteiger partial charge on any atom is 0.178 e. The number of aliphatic hydroxyl groups is 8. The molecule has 0 amide bonds. The Morgan fingerprint density at radius 1 is 0.231 bits per heavy atom. The van der Waals surface area contributed by atoms with E-state index in [2.05, 4.69) is 0 Å². The molecule has 18 heteroatoms. The largest absolute Gasteiger partial charge is 0.364 e. The zero-order chi connectivity index (χ0) is 31.4. The molecule has 0 aliphatic rings. The maximum absolute atomic E-state index is 9.57. The van der Waals surface area contributed by atoms with Crippen molar-refractivity contribution < 1.29 is 197 Å². The SMILES string of the molecule is OC(O)c1ccc(N(c2ccc(C(O)O)cc2)c2ccc(N(c3ccc(C(O)O)cc3)c3ccc(C(O)O)cc3)cc2)cc1.[Zn].[Zn].[Zn].[Zn].[Zn].[Zn].[Zn].[Zn]. The molecule has 0 radical (unpaired) electrons. The van der Waals surface area contributed by atoms with Gasteiger partial charge < -0.3 is 50.7 Å². The van der Waals surface area contributed by atoms with Crippen molar-refractivity contribution in [3.63, 3.8) is 0 Å². The monoisotopic (exact) mass is 1110 g/mol. The molecule has 52 heavy (non-hydrogen) atoms. The van der Waals surface area contributed by atoms with E-state index in [0.29, 0.717) is 45.0 Å². The molecule has 0 atom stereocenters. The summed E-state index contributed by atoms with van der Waals surface area (Å²) >= 11 is 0. The van der Waals surface area contributed by atoms with Crippen molar-refractivity contribution in [1.82, 2.24) is 0 Å². The van der Waals surface area contributed by atoms with Crippen LogP contribution in [0.15, 0.2) is 121 Å². The minimum atomic E-state index is -1.61. The van der Waals surface area contributed by atoms with E-state index < -0.39 is 25.2 Å². The fourth-order valence-electron chi connectivity index (χ4n) is 4.83. The van der Waals surface area contributed by atoms with Crippen molar-refractivity contribution in [1.29, 1.82) is 0 Å². The van der Waals surface area contributed by atoms with Gasteiger partial charge >= 0.3 is 0 Å². The number of rotatable bonds is 10. The van der Waals surface area contributed by atoms with E-state index in [1.165, 1.54) is 0 Å². The molecule has 5 aromatic rings. The minimum absolute atomic E-state index is 0.